The van der Waals surface area contributed by atoms with Crippen LogP contribution in [0.5, 0.6) is 0 Å². The lowest BCUT2D eigenvalue weighted by atomic mass is 10.1. The van der Waals surface area contributed by atoms with Crippen molar-refractivity contribution >= 4 is 17.5 Å². The molecule has 5 heteroatoms. The van der Waals surface area contributed by atoms with Crippen molar-refractivity contribution in [3.63, 3.8) is 0 Å². The molecule has 0 N–H and O–H groups in total. The van der Waals surface area contributed by atoms with E-state index in [9.17, 15) is 0 Å². The predicted molar refractivity (Wildman–Crippen MR) is 93.9 cm³/mol. The van der Waals surface area contributed by atoms with Crippen molar-refractivity contribution in [3.8, 4) is 11.4 Å². The van der Waals surface area contributed by atoms with Gasteiger partial charge in [-0.2, -0.15) is 9.78 Å². The van der Waals surface area contributed by atoms with Crippen LogP contribution in [0.4, 0.5) is 0 Å². The predicted octanol–water partition coefficient (Wildman–Crippen LogP) is 4.00. The molecular formula is C18H16N4S. The van der Waals surface area contributed by atoms with E-state index in [0.29, 0.717) is 0 Å². The van der Waals surface area contributed by atoms with E-state index in [1.807, 2.05) is 35.0 Å². The summed E-state index contributed by atoms with van der Waals surface area (Å²) >= 11 is 1.69. The van der Waals surface area contributed by atoms with E-state index in [0.717, 1.165) is 27.8 Å². The smallest absolute Gasteiger partial charge is 0.187 e. The van der Waals surface area contributed by atoms with E-state index in [2.05, 4.69) is 48.3 Å². The minimum atomic E-state index is 0.248. The SMILES string of the molecule is Cc1ccc(C2=Nn3c(nnc3-c3ccccc3)SC2C)cc1. The lowest BCUT2D eigenvalue weighted by Gasteiger charge is -2.20. The van der Waals surface area contributed by atoms with Gasteiger partial charge in [0.25, 0.3) is 0 Å². The van der Waals surface area contributed by atoms with E-state index >= 15 is 0 Å². The quantitative estimate of drug-likeness (QED) is 0.717. The summed E-state index contributed by atoms with van der Waals surface area (Å²) in [6.45, 7) is 4.25. The Labute approximate surface area is 139 Å². The fraction of sp³-hybridized carbons (Fsp3) is 0.167. The number of hydrogen-bond acceptors (Lipinski definition) is 4. The van der Waals surface area contributed by atoms with Crippen LogP contribution in [0.2, 0.25) is 0 Å². The molecule has 3 aromatic rings. The molecule has 1 aromatic heterocycles. The van der Waals surface area contributed by atoms with E-state index in [1.54, 1.807) is 11.8 Å². The highest BCUT2D eigenvalue weighted by Crippen LogP contribution is 2.32. The Balaban J connectivity index is 1.83. The van der Waals surface area contributed by atoms with Crippen molar-refractivity contribution in [3.05, 3.63) is 65.7 Å². The summed E-state index contributed by atoms with van der Waals surface area (Å²) in [6.07, 6.45) is 0. The highest BCUT2D eigenvalue weighted by Gasteiger charge is 2.26. The molecule has 0 saturated heterocycles. The number of rotatable bonds is 2. The maximum atomic E-state index is 4.85. The van der Waals surface area contributed by atoms with E-state index < -0.39 is 0 Å². The Morgan fingerprint density at radius 3 is 2.39 bits per heavy atom. The average molecular weight is 320 g/mol. The van der Waals surface area contributed by atoms with Gasteiger partial charge in [-0.25, -0.2) is 0 Å². The van der Waals surface area contributed by atoms with Crippen molar-refractivity contribution in [2.24, 2.45) is 5.10 Å². The Kier molecular flexibility index (Phi) is 3.50. The second kappa shape index (κ2) is 5.66. The van der Waals surface area contributed by atoms with Crippen molar-refractivity contribution < 1.29 is 0 Å². The van der Waals surface area contributed by atoms with Gasteiger partial charge in [-0.15, -0.1) is 10.2 Å². The van der Waals surface area contributed by atoms with Crippen LogP contribution in [-0.2, 0) is 0 Å². The fourth-order valence-corrected chi connectivity index (χ4v) is 3.54. The summed E-state index contributed by atoms with van der Waals surface area (Å²) in [5, 5.41) is 14.6. The third-order valence-corrected chi connectivity index (χ3v) is 4.91. The number of hydrogen-bond donors (Lipinski definition) is 0. The van der Waals surface area contributed by atoms with Crippen LogP contribution in [0.15, 0.2) is 64.9 Å². The molecule has 1 unspecified atom stereocenters. The van der Waals surface area contributed by atoms with Crippen molar-refractivity contribution in [2.45, 2.75) is 24.3 Å². The maximum Gasteiger partial charge on any atom is 0.213 e. The Morgan fingerprint density at radius 2 is 1.65 bits per heavy atom. The average Bonchev–Trinajstić information content (AvgIpc) is 2.98. The molecule has 4 rings (SSSR count). The van der Waals surface area contributed by atoms with Gasteiger partial charge in [0.05, 0.1) is 11.0 Å². The minimum Gasteiger partial charge on any atom is -0.187 e. The molecule has 2 heterocycles. The zero-order chi connectivity index (χ0) is 15.8. The van der Waals surface area contributed by atoms with Crippen LogP contribution in [0, 0.1) is 6.92 Å². The number of aryl methyl sites for hydroxylation is 1. The second-order valence-electron chi connectivity index (χ2n) is 5.60. The molecule has 0 bridgehead atoms. The van der Waals surface area contributed by atoms with Gasteiger partial charge in [-0.3, -0.25) is 0 Å². The molecule has 1 atom stereocenters. The Morgan fingerprint density at radius 1 is 0.913 bits per heavy atom. The van der Waals surface area contributed by atoms with E-state index in [1.165, 1.54) is 5.56 Å². The molecule has 0 fully saturated rings. The first-order valence-corrected chi connectivity index (χ1v) is 8.44. The molecular weight excluding hydrogens is 304 g/mol. The Bertz CT molecular complexity index is 866. The molecule has 1 aliphatic rings. The summed E-state index contributed by atoms with van der Waals surface area (Å²) < 4.78 is 1.86. The van der Waals surface area contributed by atoms with Crippen LogP contribution < -0.4 is 0 Å². The number of nitrogens with zero attached hydrogens (tertiary/aromatic N) is 4. The zero-order valence-electron chi connectivity index (χ0n) is 13.0. The summed E-state index contributed by atoms with van der Waals surface area (Å²) in [4.78, 5) is 0. The van der Waals surface area contributed by atoms with Crippen LogP contribution in [-0.4, -0.2) is 25.8 Å². The molecule has 114 valence electrons. The molecule has 4 nitrogen and oxygen atoms in total. The van der Waals surface area contributed by atoms with Gasteiger partial charge in [-0.05, 0) is 19.4 Å². The van der Waals surface area contributed by atoms with E-state index in [4.69, 9.17) is 5.10 Å². The Hall–Kier alpha value is -2.40. The first-order valence-electron chi connectivity index (χ1n) is 7.56. The summed E-state index contributed by atoms with van der Waals surface area (Å²) in [5.74, 6) is 0.782. The number of aromatic nitrogens is 3. The normalized spacial score (nSPS) is 16.8. The van der Waals surface area contributed by atoms with Gasteiger partial charge in [0, 0.05) is 5.56 Å². The summed E-state index contributed by atoms with van der Waals surface area (Å²) in [5.41, 5.74) is 4.47. The number of benzene rings is 2. The van der Waals surface area contributed by atoms with Crippen molar-refractivity contribution in [1.29, 1.82) is 0 Å². The second-order valence-corrected chi connectivity index (χ2v) is 6.90. The fourth-order valence-electron chi connectivity index (χ4n) is 2.62. The first-order chi connectivity index (χ1) is 11.2. The maximum absolute atomic E-state index is 4.85. The lowest BCUT2D eigenvalue weighted by Crippen LogP contribution is -2.21. The summed E-state index contributed by atoms with van der Waals surface area (Å²) in [6, 6.07) is 18.5. The van der Waals surface area contributed by atoms with Crippen molar-refractivity contribution in [2.75, 3.05) is 0 Å². The van der Waals surface area contributed by atoms with Crippen molar-refractivity contribution in [1.82, 2.24) is 14.9 Å². The third kappa shape index (κ3) is 2.57. The minimum absolute atomic E-state index is 0.248. The summed E-state index contributed by atoms with van der Waals surface area (Å²) in [7, 11) is 0. The molecule has 1 aliphatic heterocycles. The number of fused-ring (bicyclic) bond motifs is 1. The van der Waals surface area contributed by atoms with Gasteiger partial charge in [0.15, 0.2) is 5.82 Å². The van der Waals surface area contributed by atoms with Gasteiger partial charge >= 0.3 is 0 Å². The molecule has 0 spiro atoms. The lowest BCUT2D eigenvalue weighted by molar-refractivity contribution is 0.754. The van der Waals surface area contributed by atoms with Crippen LogP contribution >= 0.6 is 11.8 Å². The van der Waals surface area contributed by atoms with Crippen LogP contribution in [0.25, 0.3) is 11.4 Å². The first kappa shape index (κ1) is 14.2. The highest BCUT2D eigenvalue weighted by atomic mass is 32.2. The standard InChI is InChI=1S/C18H16N4S/c1-12-8-10-14(11-9-12)16-13(2)23-18-20-19-17(22(18)21-16)15-6-4-3-5-7-15/h3-11,13H,1-2H3. The molecule has 0 saturated carbocycles. The number of thioether (sulfide) groups is 1. The van der Waals surface area contributed by atoms with E-state index in [-0.39, 0.29) is 5.25 Å². The van der Waals surface area contributed by atoms with Crippen LogP contribution in [0.3, 0.4) is 0 Å². The molecule has 0 radical (unpaired) electrons. The molecule has 2 aromatic carbocycles. The monoisotopic (exact) mass is 320 g/mol. The van der Waals surface area contributed by atoms with Gasteiger partial charge in [0.2, 0.25) is 5.16 Å². The molecule has 23 heavy (non-hydrogen) atoms. The topological polar surface area (TPSA) is 43.1 Å². The van der Waals surface area contributed by atoms with Gasteiger partial charge in [-0.1, -0.05) is 71.9 Å². The zero-order valence-corrected chi connectivity index (χ0v) is 13.8. The highest BCUT2D eigenvalue weighted by molar-refractivity contribution is 8.00. The largest absolute Gasteiger partial charge is 0.213 e. The molecule has 0 amide bonds. The molecule has 0 aliphatic carbocycles. The van der Waals surface area contributed by atoms with Gasteiger partial charge in [0.1, 0.15) is 0 Å². The van der Waals surface area contributed by atoms with Gasteiger partial charge < -0.3 is 0 Å². The van der Waals surface area contributed by atoms with Crippen LogP contribution in [0.1, 0.15) is 18.1 Å². The third-order valence-electron chi connectivity index (χ3n) is 3.87.